The highest BCUT2D eigenvalue weighted by Gasteiger charge is 2.03. The number of hydrogen-bond donors (Lipinski definition) is 0. The molecule has 0 radical (unpaired) electrons. The fourth-order valence-corrected chi connectivity index (χ4v) is 5.15. The second-order valence-corrected chi connectivity index (χ2v) is 13.6. The first kappa shape index (κ1) is 38.4. The highest BCUT2D eigenvalue weighted by molar-refractivity contribution is 5.08. The van der Waals surface area contributed by atoms with Gasteiger partial charge in [-0.1, -0.05) is 116 Å². The summed E-state index contributed by atoms with van der Waals surface area (Å²) in [7, 11) is 0. The lowest BCUT2D eigenvalue weighted by Crippen LogP contribution is -1.97. The monoisotopic (exact) mass is 551 g/mol. The molecular weight excluding hydrogens is 480 g/mol. The second kappa shape index (κ2) is 25.2. The Labute approximate surface area is 253 Å². The summed E-state index contributed by atoms with van der Waals surface area (Å²) >= 11 is 0. The number of unbranched alkanes of at least 4 members (excludes halogenated alkanes) is 1. The van der Waals surface area contributed by atoms with Crippen LogP contribution in [0.2, 0.25) is 0 Å². The number of rotatable bonds is 23. The highest BCUT2D eigenvalue weighted by atomic mass is 14.1. The third kappa shape index (κ3) is 26.7. The normalized spacial score (nSPS) is 14.7. The standard InChI is InChI=1S/C40H70/c1-33(2)19-13-23-37(7)27-17-31-39(9)29-15-25-35(5)21-11-12-22-36(6)26-16-30-40(10)32-18-28-38(8)24-14-20-34(3)4/h19,21-22,27,29-30,34,38H,11-18,20,23-26,28,31-32H2,1-10H3/b35-21+,36-22+,37-27+,39-29+,40-30+/t38-/m1/s1. The van der Waals surface area contributed by atoms with Gasteiger partial charge in [0.1, 0.15) is 0 Å². The average Bonchev–Trinajstić information content (AvgIpc) is 2.86. The minimum Gasteiger partial charge on any atom is -0.0856 e. The molecule has 0 bridgehead atoms. The maximum absolute atomic E-state index is 2.49. The Balaban J connectivity index is 4.07. The number of hydrogen-bond acceptors (Lipinski definition) is 0. The van der Waals surface area contributed by atoms with E-state index in [0.29, 0.717) is 0 Å². The summed E-state index contributed by atoms with van der Waals surface area (Å²) in [6, 6.07) is 0. The Bertz CT molecular complexity index is 816. The lowest BCUT2D eigenvalue weighted by atomic mass is 9.94. The van der Waals surface area contributed by atoms with Crippen molar-refractivity contribution in [1.29, 1.82) is 0 Å². The lowest BCUT2D eigenvalue weighted by Gasteiger charge is -2.12. The molecule has 0 nitrogen and oxygen atoms in total. The van der Waals surface area contributed by atoms with Crippen LogP contribution in [0.15, 0.2) is 69.9 Å². The molecule has 0 heteroatoms. The molecule has 0 saturated heterocycles. The topological polar surface area (TPSA) is 0 Å². The Morgan fingerprint density at radius 1 is 0.400 bits per heavy atom. The third-order valence-electron chi connectivity index (χ3n) is 8.08. The van der Waals surface area contributed by atoms with Gasteiger partial charge in [0.2, 0.25) is 0 Å². The maximum atomic E-state index is 2.49. The summed E-state index contributed by atoms with van der Waals surface area (Å²) in [6.07, 6.45) is 34.7. The SMILES string of the molecule is CC(C)=CCC/C(C)=C/CC/C(C)=C/CC/C(C)=C/CC/C=C(\C)CC/C=C(\C)CCC[C@H](C)CCCC(C)C. The van der Waals surface area contributed by atoms with E-state index in [9.17, 15) is 0 Å². The lowest BCUT2D eigenvalue weighted by molar-refractivity contribution is 0.427. The van der Waals surface area contributed by atoms with Gasteiger partial charge < -0.3 is 0 Å². The van der Waals surface area contributed by atoms with Crippen LogP contribution in [0.25, 0.3) is 0 Å². The molecule has 0 N–H and O–H groups in total. The van der Waals surface area contributed by atoms with Gasteiger partial charge in [0, 0.05) is 0 Å². The molecule has 0 aliphatic carbocycles. The van der Waals surface area contributed by atoms with Crippen molar-refractivity contribution in [2.24, 2.45) is 11.8 Å². The van der Waals surface area contributed by atoms with Crippen molar-refractivity contribution in [3.05, 3.63) is 69.9 Å². The predicted molar refractivity (Wildman–Crippen MR) is 186 cm³/mol. The first-order valence-corrected chi connectivity index (χ1v) is 16.9. The van der Waals surface area contributed by atoms with E-state index in [-0.39, 0.29) is 0 Å². The molecule has 0 aromatic carbocycles. The summed E-state index contributed by atoms with van der Waals surface area (Å²) in [5.41, 5.74) is 9.17. The third-order valence-corrected chi connectivity index (χ3v) is 8.08. The molecule has 0 spiro atoms. The smallest absolute Gasteiger partial charge is 0.0288 e. The summed E-state index contributed by atoms with van der Waals surface area (Å²) in [4.78, 5) is 0. The molecule has 0 amide bonds. The zero-order chi connectivity index (χ0) is 30.2. The molecule has 0 aromatic rings. The predicted octanol–water partition coefficient (Wildman–Crippen LogP) is 14.2. The van der Waals surface area contributed by atoms with Crippen LogP contribution in [-0.4, -0.2) is 0 Å². The Morgan fingerprint density at radius 3 is 1.15 bits per heavy atom. The molecule has 0 fully saturated rings. The quantitative estimate of drug-likeness (QED) is 0.0876. The van der Waals surface area contributed by atoms with E-state index >= 15 is 0 Å². The largest absolute Gasteiger partial charge is 0.0856 e. The van der Waals surface area contributed by atoms with Crippen molar-refractivity contribution in [3.63, 3.8) is 0 Å². The first-order chi connectivity index (χ1) is 19.0. The minimum absolute atomic E-state index is 0.855. The van der Waals surface area contributed by atoms with Crippen molar-refractivity contribution in [1.82, 2.24) is 0 Å². The van der Waals surface area contributed by atoms with E-state index < -0.39 is 0 Å². The molecule has 1 atom stereocenters. The van der Waals surface area contributed by atoms with Gasteiger partial charge in [0.05, 0.1) is 0 Å². The molecular formula is C40H70. The molecule has 230 valence electrons. The van der Waals surface area contributed by atoms with Crippen LogP contribution in [0.4, 0.5) is 0 Å². The average molecular weight is 551 g/mol. The Hall–Kier alpha value is -1.56. The molecule has 0 aromatic heterocycles. The van der Waals surface area contributed by atoms with Crippen molar-refractivity contribution < 1.29 is 0 Å². The highest BCUT2D eigenvalue weighted by Crippen LogP contribution is 2.20. The van der Waals surface area contributed by atoms with E-state index in [0.717, 1.165) is 11.8 Å². The minimum atomic E-state index is 0.855. The van der Waals surface area contributed by atoms with Gasteiger partial charge in [-0.15, -0.1) is 0 Å². The van der Waals surface area contributed by atoms with E-state index in [1.807, 2.05) is 0 Å². The van der Waals surface area contributed by atoms with E-state index in [1.54, 1.807) is 11.1 Å². The molecule has 0 aliphatic rings. The van der Waals surface area contributed by atoms with Gasteiger partial charge in [-0.05, 0) is 137 Å². The van der Waals surface area contributed by atoms with Crippen LogP contribution in [0.1, 0.15) is 172 Å². The van der Waals surface area contributed by atoms with Gasteiger partial charge in [0.25, 0.3) is 0 Å². The molecule has 0 rings (SSSR count). The van der Waals surface area contributed by atoms with Crippen LogP contribution in [0.3, 0.4) is 0 Å². The van der Waals surface area contributed by atoms with Crippen molar-refractivity contribution >= 4 is 0 Å². The van der Waals surface area contributed by atoms with Crippen LogP contribution in [0.5, 0.6) is 0 Å². The summed E-state index contributed by atoms with van der Waals surface area (Å²) < 4.78 is 0. The van der Waals surface area contributed by atoms with Crippen LogP contribution >= 0.6 is 0 Å². The van der Waals surface area contributed by atoms with Gasteiger partial charge in [0.15, 0.2) is 0 Å². The molecule has 0 unspecified atom stereocenters. The summed E-state index contributed by atoms with van der Waals surface area (Å²) in [6.45, 7) is 23.0. The van der Waals surface area contributed by atoms with Crippen LogP contribution < -0.4 is 0 Å². The Kier molecular flexibility index (Phi) is 24.2. The second-order valence-electron chi connectivity index (χ2n) is 13.6. The Morgan fingerprint density at radius 2 is 0.750 bits per heavy atom. The maximum Gasteiger partial charge on any atom is -0.0288 e. The van der Waals surface area contributed by atoms with E-state index in [1.165, 1.54) is 125 Å². The van der Waals surface area contributed by atoms with Gasteiger partial charge in [-0.2, -0.15) is 0 Å². The van der Waals surface area contributed by atoms with Crippen molar-refractivity contribution in [3.8, 4) is 0 Å². The van der Waals surface area contributed by atoms with Crippen LogP contribution in [0, 0.1) is 11.8 Å². The van der Waals surface area contributed by atoms with E-state index in [2.05, 4.69) is 106 Å². The van der Waals surface area contributed by atoms with E-state index in [4.69, 9.17) is 0 Å². The van der Waals surface area contributed by atoms with Gasteiger partial charge in [-0.3, -0.25) is 0 Å². The zero-order valence-corrected chi connectivity index (χ0v) is 28.9. The molecule has 0 heterocycles. The van der Waals surface area contributed by atoms with Crippen molar-refractivity contribution in [2.45, 2.75) is 172 Å². The fourth-order valence-electron chi connectivity index (χ4n) is 5.15. The number of allylic oxidation sites excluding steroid dienone is 12. The molecule has 0 saturated carbocycles. The summed E-state index contributed by atoms with van der Waals surface area (Å²) in [5, 5.41) is 0. The zero-order valence-electron chi connectivity index (χ0n) is 28.9. The summed E-state index contributed by atoms with van der Waals surface area (Å²) in [5.74, 6) is 1.74. The van der Waals surface area contributed by atoms with Crippen molar-refractivity contribution in [2.75, 3.05) is 0 Å². The first-order valence-electron chi connectivity index (χ1n) is 16.9. The van der Waals surface area contributed by atoms with Gasteiger partial charge >= 0.3 is 0 Å². The van der Waals surface area contributed by atoms with Crippen LogP contribution in [-0.2, 0) is 0 Å². The fraction of sp³-hybridized carbons (Fsp3) is 0.700. The van der Waals surface area contributed by atoms with Gasteiger partial charge in [-0.25, -0.2) is 0 Å². The molecule has 0 aliphatic heterocycles. The molecule has 40 heavy (non-hydrogen) atoms.